The van der Waals surface area contributed by atoms with E-state index in [0.717, 1.165) is 125 Å². The quantitative estimate of drug-likeness (QED) is 0.0347. The average molecular weight is 767 g/mol. The number of amides is 6. The van der Waals surface area contributed by atoms with E-state index in [1.54, 1.807) is 0 Å². The predicted molar refractivity (Wildman–Crippen MR) is 213 cm³/mol. The van der Waals surface area contributed by atoms with E-state index in [-0.39, 0.29) is 36.3 Å². The summed E-state index contributed by atoms with van der Waals surface area (Å²) in [5, 5.41) is 17.6. The Kier molecular flexibility index (Phi) is 28.1. The van der Waals surface area contributed by atoms with Crippen LogP contribution < -0.4 is 31.9 Å². The molecule has 1 aliphatic rings. The Morgan fingerprint density at radius 1 is 0.426 bits per heavy atom. The smallest absolute Gasteiger partial charge is 0.407 e. The van der Waals surface area contributed by atoms with Crippen LogP contribution in [-0.4, -0.2) is 88.9 Å². The summed E-state index contributed by atoms with van der Waals surface area (Å²) in [5.74, 6) is 1.89. The highest BCUT2D eigenvalue weighted by Gasteiger charge is 2.27. The van der Waals surface area contributed by atoms with E-state index < -0.39 is 0 Å². The molecule has 14 nitrogen and oxygen atoms in total. The molecule has 54 heavy (non-hydrogen) atoms. The van der Waals surface area contributed by atoms with Crippen LogP contribution in [0.25, 0.3) is 0 Å². The van der Waals surface area contributed by atoms with Crippen molar-refractivity contribution in [1.82, 2.24) is 31.9 Å². The molecule has 0 saturated heterocycles. The zero-order valence-corrected chi connectivity index (χ0v) is 34.4. The molecule has 0 radical (unpaired) electrons. The van der Waals surface area contributed by atoms with Gasteiger partial charge in [0.1, 0.15) is 0 Å². The molecule has 0 aromatic rings. The molecule has 0 spiro atoms. The molecule has 1 aliphatic carbocycles. The molecular weight excluding hydrogens is 692 g/mol. The molecule has 2 atom stereocenters. The van der Waals surface area contributed by atoms with Crippen LogP contribution in [0.1, 0.15) is 144 Å². The molecule has 6 amide bonds. The third-order valence-corrected chi connectivity index (χ3v) is 9.30. The van der Waals surface area contributed by atoms with Gasteiger partial charge in [0.05, 0.1) is 50.0 Å². The molecule has 6 N–H and O–H groups in total. The number of unbranched alkanes of at least 4 members (excludes halogenated alkanes) is 8. The Hall–Kier alpha value is -3.84. The number of rotatable bonds is 28. The lowest BCUT2D eigenvalue weighted by molar-refractivity contribution is 0.136. The third kappa shape index (κ3) is 26.9. The summed E-state index contributed by atoms with van der Waals surface area (Å²) in [5.41, 5.74) is 2.33. The highest BCUT2D eigenvalue weighted by atomic mass is 16.6. The van der Waals surface area contributed by atoms with Crippen LogP contribution in [0.2, 0.25) is 0 Å². The van der Waals surface area contributed by atoms with Gasteiger partial charge in [0.15, 0.2) is 0 Å². The van der Waals surface area contributed by atoms with Crippen molar-refractivity contribution in [2.75, 3.05) is 52.6 Å². The lowest BCUT2D eigenvalue weighted by atomic mass is 9.90. The number of allylic oxidation sites excluding steroid dienone is 4. The number of hydrogen-bond donors (Lipinski definition) is 6. The van der Waals surface area contributed by atoms with Gasteiger partial charge in [-0.05, 0) is 117 Å². The van der Waals surface area contributed by atoms with Crippen LogP contribution in [0.15, 0.2) is 22.7 Å². The number of hydrogen-bond acceptors (Lipinski definition) is 8. The summed E-state index contributed by atoms with van der Waals surface area (Å²) in [6.07, 6.45) is 13.2. The van der Waals surface area contributed by atoms with Gasteiger partial charge < -0.3 is 50.8 Å². The van der Waals surface area contributed by atoms with Gasteiger partial charge in [-0.3, -0.25) is 0 Å². The normalized spacial score (nSPS) is 14.9. The van der Waals surface area contributed by atoms with E-state index in [9.17, 15) is 19.2 Å². The van der Waals surface area contributed by atoms with Gasteiger partial charge in [-0.1, -0.05) is 38.5 Å². The van der Waals surface area contributed by atoms with Gasteiger partial charge in [0, 0.05) is 26.2 Å². The maximum absolute atomic E-state index is 12.6. The summed E-state index contributed by atoms with van der Waals surface area (Å²) in [6, 6.07) is -0.646. The van der Waals surface area contributed by atoms with Gasteiger partial charge in [0.25, 0.3) is 0 Å². The molecule has 0 aliphatic heterocycles. The Bertz CT molecular complexity index is 1040. The van der Waals surface area contributed by atoms with Crippen molar-refractivity contribution in [2.24, 2.45) is 0 Å². The first-order chi connectivity index (χ1) is 26.0. The fourth-order valence-corrected chi connectivity index (χ4v) is 5.49. The van der Waals surface area contributed by atoms with Crippen molar-refractivity contribution in [3.63, 3.8) is 0 Å². The summed E-state index contributed by atoms with van der Waals surface area (Å²) < 4.78 is 21.6. The molecule has 0 unspecified atom stereocenters. The minimum Gasteiger partial charge on any atom is -0.498 e. The first-order valence-electron chi connectivity index (χ1n) is 20.4. The van der Waals surface area contributed by atoms with E-state index in [4.69, 9.17) is 18.9 Å². The average Bonchev–Trinajstić information content (AvgIpc) is 3.13. The van der Waals surface area contributed by atoms with Crippen molar-refractivity contribution in [2.45, 2.75) is 156 Å². The maximum Gasteiger partial charge on any atom is 0.407 e. The van der Waals surface area contributed by atoms with E-state index in [1.165, 1.54) is 0 Å². The number of nitrogens with one attached hydrogen (secondary N) is 6. The van der Waals surface area contributed by atoms with Crippen LogP contribution in [-0.2, 0) is 18.9 Å². The second-order valence-electron chi connectivity index (χ2n) is 14.5. The molecule has 14 heteroatoms. The predicted octanol–water partition coefficient (Wildman–Crippen LogP) is 7.69. The number of alkyl carbamates (subject to hydrolysis) is 2. The van der Waals surface area contributed by atoms with E-state index in [1.807, 2.05) is 41.5 Å². The van der Waals surface area contributed by atoms with Crippen LogP contribution in [0.4, 0.5) is 19.2 Å². The Balaban J connectivity index is 2.02. The zero-order chi connectivity index (χ0) is 39.8. The number of ether oxygens (including phenoxy) is 4. The number of carbonyl (C=O) groups excluding carboxylic acids is 4. The molecule has 0 bridgehead atoms. The zero-order valence-electron chi connectivity index (χ0n) is 34.4. The summed E-state index contributed by atoms with van der Waals surface area (Å²) in [6.45, 7) is 16.2. The van der Waals surface area contributed by atoms with Gasteiger partial charge in [-0.15, -0.1) is 0 Å². The molecule has 312 valence electrons. The van der Waals surface area contributed by atoms with Crippen LogP contribution in [0, 0.1) is 0 Å². The van der Waals surface area contributed by atoms with Crippen molar-refractivity contribution in [3.8, 4) is 0 Å². The summed E-state index contributed by atoms with van der Waals surface area (Å²) >= 11 is 0. The molecule has 1 fully saturated rings. The van der Waals surface area contributed by atoms with E-state index >= 15 is 0 Å². The molecule has 0 aromatic heterocycles. The SMILES string of the molecule is CC(C)=C(C)OCCCCOC(=O)NCCCCCCNC(=O)N[C@H]1CCCC[C@@H]1NC(=O)NCCCCCCNC(=O)OCCCCOC(C)=C(C)C. The topological polar surface area (TPSA) is 177 Å². The second-order valence-corrected chi connectivity index (χ2v) is 14.5. The third-order valence-electron chi connectivity index (χ3n) is 9.30. The van der Waals surface area contributed by atoms with Gasteiger partial charge in [-0.2, -0.15) is 0 Å². The first-order valence-corrected chi connectivity index (χ1v) is 20.4. The molecule has 0 heterocycles. The van der Waals surface area contributed by atoms with Crippen LogP contribution in [0.3, 0.4) is 0 Å². The lowest BCUT2D eigenvalue weighted by Crippen LogP contribution is -2.56. The molecular formula is C40H74N6O8. The van der Waals surface area contributed by atoms with Gasteiger partial charge in [-0.25, -0.2) is 19.2 Å². The van der Waals surface area contributed by atoms with Crippen LogP contribution in [0.5, 0.6) is 0 Å². The number of urea groups is 2. The first kappa shape index (κ1) is 48.2. The monoisotopic (exact) mass is 767 g/mol. The minimum absolute atomic E-state index is 0.111. The second kappa shape index (κ2) is 31.5. The summed E-state index contributed by atoms with van der Waals surface area (Å²) in [4.78, 5) is 48.8. The van der Waals surface area contributed by atoms with Crippen LogP contribution >= 0.6 is 0 Å². The van der Waals surface area contributed by atoms with Gasteiger partial charge >= 0.3 is 24.2 Å². The highest BCUT2D eigenvalue weighted by molar-refractivity contribution is 5.76. The lowest BCUT2D eigenvalue weighted by Gasteiger charge is -2.32. The van der Waals surface area contributed by atoms with E-state index in [0.29, 0.717) is 52.6 Å². The fourth-order valence-electron chi connectivity index (χ4n) is 5.49. The fraction of sp³-hybridized carbons (Fsp3) is 0.800. The standard InChI is InChI=1S/C40H74N6O8/c1-31(2)33(5)51-27-17-19-29-53-39(49)43-25-15-9-7-13-23-41-37(47)45-35-21-11-12-22-36(35)46-38(48)42-24-14-8-10-16-26-44-40(50)54-30-20-18-28-52-34(6)32(3)4/h35-36H,7-30H2,1-6H3,(H,43,49)(H,44,50)(H2,41,45,47)(H2,42,46,48)/t35-,36-/m0/s1. The summed E-state index contributed by atoms with van der Waals surface area (Å²) in [7, 11) is 0. The molecule has 0 aromatic carbocycles. The Labute approximate surface area is 325 Å². The Morgan fingerprint density at radius 3 is 1.07 bits per heavy atom. The maximum atomic E-state index is 12.6. The highest BCUT2D eigenvalue weighted by Crippen LogP contribution is 2.18. The Morgan fingerprint density at radius 2 is 0.741 bits per heavy atom. The van der Waals surface area contributed by atoms with Gasteiger partial charge in [0.2, 0.25) is 0 Å². The van der Waals surface area contributed by atoms with Crippen molar-refractivity contribution < 1.29 is 38.1 Å². The molecule has 1 rings (SSSR count). The van der Waals surface area contributed by atoms with E-state index in [2.05, 4.69) is 31.9 Å². The van der Waals surface area contributed by atoms with Crippen molar-refractivity contribution in [3.05, 3.63) is 22.7 Å². The molecule has 1 saturated carbocycles. The minimum atomic E-state index is -0.389. The largest absolute Gasteiger partial charge is 0.498 e. The number of carbonyl (C=O) groups is 4. The van der Waals surface area contributed by atoms with Crippen molar-refractivity contribution >= 4 is 24.2 Å². The van der Waals surface area contributed by atoms with Crippen molar-refractivity contribution in [1.29, 1.82) is 0 Å².